The molecule has 2 rings (SSSR count). The molecular weight excluding hydrogens is 290 g/mol. The van der Waals surface area contributed by atoms with Gasteiger partial charge in [0, 0.05) is 32.0 Å². The van der Waals surface area contributed by atoms with Crippen LogP contribution in [0.5, 0.6) is 0 Å². The number of hydrogen-bond donors (Lipinski definition) is 1. The van der Waals surface area contributed by atoms with Gasteiger partial charge in [0.2, 0.25) is 10.0 Å². The Morgan fingerprint density at radius 1 is 1.43 bits per heavy atom. The minimum absolute atomic E-state index is 0.495. The van der Waals surface area contributed by atoms with E-state index in [1.54, 1.807) is 16.9 Å². The maximum Gasteiger partial charge on any atom is 0.211 e. The average Bonchev–Trinajstić information content (AvgIpc) is 2.78. The quantitative estimate of drug-likeness (QED) is 0.775. The Bertz CT molecular complexity index is 710. The molecule has 0 radical (unpaired) electrons. The van der Waals surface area contributed by atoms with Gasteiger partial charge in [0.25, 0.3) is 0 Å². The first-order valence-electron chi connectivity index (χ1n) is 6.92. The van der Waals surface area contributed by atoms with Crippen LogP contribution in [0.1, 0.15) is 19.0 Å². The monoisotopic (exact) mass is 311 g/mol. The van der Waals surface area contributed by atoms with Crippen molar-refractivity contribution in [2.24, 2.45) is 0 Å². The van der Waals surface area contributed by atoms with E-state index in [4.69, 9.17) is 0 Å². The van der Waals surface area contributed by atoms with Gasteiger partial charge in [-0.05, 0) is 19.4 Å². The molecule has 7 nitrogen and oxygen atoms in total. The third-order valence-electron chi connectivity index (χ3n) is 3.21. The molecule has 2 aromatic heterocycles. The van der Waals surface area contributed by atoms with Crippen molar-refractivity contribution in [1.82, 2.24) is 18.9 Å². The third kappa shape index (κ3) is 3.92. The Kier molecular flexibility index (Phi) is 4.79. The van der Waals surface area contributed by atoms with Crippen molar-refractivity contribution in [2.75, 3.05) is 31.2 Å². The van der Waals surface area contributed by atoms with Gasteiger partial charge in [-0.15, -0.1) is 0 Å². The van der Waals surface area contributed by atoms with Crippen LogP contribution in [0.15, 0.2) is 18.5 Å². The summed E-state index contributed by atoms with van der Waals surface area (Å²) in [5.41, 5.74) is 1.85. The molecule has 2 heterocycles. The van der Waals surface area contributed by atoms with Crippen molar-refractivity contribution < 1.29 is 8.42 Å². The molecule has 1 N–H and O–H groups in total. The number of aryl methyl sites for hydroxylation is 1. The zero-order valence-corrected chi connectivity index (χ0v) is 13.4. The van der Waals surface area contributed by atoms with Gasteiger partial charge < -0.3 is 5.32 Å². The first kappa shape index (κ1) is 15.7. The largest absolute Gasteiger partial charge is 0.368 e. The normalized spacial score (nSPS) is 12.2. The molecule has 0 saturated heterocycles. The predicted octanol–water partition coefficient (Wildman–Crippen LogP) is 1.12. The van der Waals surface area contributed by atoms with Gasteiger partial charge in [-0.3, -0.25) is 0 Å². The number of nitrogens with zero attached hydrogens (tertiary/aromatic N) is 4. The summed E-state index contributed by atoms with van der Waals surface area (Å²) < 4.78 is 26.2. The summed E-state index contributed by atoms with van der Waals surface area (Å²) in [5, 5.41) is 7.56. The molecule has 2 aromatic rings. The molecular formula is C13H21N5O2S. The summed E-state index contributed by atoms with van der Waals surface area (Å²) in [5.74, 6) is 0.764. The smallest absolute Gasteiger partial charge is 0.211 e. The maximum absolute atomic E-state index is 11.5. The van der Waals surface area contributed by atoms with E-state index in [-0.39, 0.29) is 0 Å². The fourth-order valence-corrected chi connectivity index (χ4v) is 3.13. The van der Waals surface area contributed by atoms with Crippen molar-refractivity contribution >= 4 is 21.4 Å². The van der Waals surface area contributed by atoms with Gasteiger partial charge in [-0.2, -0.15) is 5.10 Å². The summed E-state index contributed by atoms with van der Waals surface area (Å²) in [6, 6.07) is 1.96. The minimum Gasteiger partial charge on any atom is -0.368 e. The van der Waals surface area contributed by atoms with Crippen LogP contribution >= 0.6 is 0 Å². The summed E-state index contributed by atoms with van der Waals surface area (Å²) in [4.78, 5) is 4.30. The molecule has 0 aromatic carbocycles. The third-order valence-corrected chi connectivity index (χ3v) is 4.59. The van der Waals surface area contributed by atoms with Crippen LogP contribution < -0.4 is 5.32 Å². The number of aromatic nitrogens is 3. The molecule has 0 aliphatic carbocycles. The Labute approximate surface area is 125 Å². The fraction of sp³-hybridized carbons (Fsp3) is 0.538. The SMILES string of the molecule is CCN(CCCNc1nccn2nc(C)cc12)S(C)(=O)=O. The molecule has 0 saturated carbocycles. The van der Waals surface area contributed by atoms with Crippen LogP contribution in [0.2, 0.25) is 0 Å². The molecule has 0 aliphatic rings. The molecule has 0 fully saturated rings. The summed E-state index contributed by atoms with van der Waals surface area (Å²) in [7, 11) is -3.12. The van der Waals surface area contributed by atoms with Crippen LogP contribution in [0.25, 0.3) is 5.52 Å². The average molecular weight is 311 g/mol. The van der Waals surface area contributed by atoms with Gasteiger partial charge in [-0.25, -0.2) is 22.2 Å². The number of fused-ring (bicyclic) bond motifs is 1. The van der Waals surface area contributed by atoms with Crippen LogP contribution in [0, 0.1) is 6.92 Å². The Morgan fingerprint density at radius 2 is 2.19 bits per heavy atom. The molecule has 0 aliphatic heterocycles. The van der Waals surface area contributed by atoms with E-state index in [2.05, 4.69) is 15.4 Å². The number of nitrogens with one attached hydrogen (secondary N) is 1. The second-order valence-corrected chi connectivity index (χ2v) is 6.91. The molecule has 0 amide bonds. The zero-order chi connectivity index (χ0) is 15.5. The van der Waals surface area contributed by atoms with Crippen molar-refractivity contribution in [2.45, 2.75) is 20.3 Å². The van der Waals surface area contributed by atoms with Gasteiger partial charge in [-0.1, -0.05) is 6.92 Å². The molecule has 0 unspecified atom stereocenters. The number of hydrogen-bond acceptors (Lipinski definition) is 5. The lowest BCUT2D eigenvalue weighted by molar-refractivity contribution is 0.428. The molecule has 0 atom stereocenters. The lowest BCUT2D eigenvalue weighted by Crippen LogP contribution is -2.31. The Hall–Kier alpha value is -1.67. The highest BCUT2D eigenvalue weighted by Crippen LogP contribution is 2.14. The van der Waals surface area contributed by atoms with Gasteiger partial charge in [0.1, 0.15) is 5.52 Å². The number of sulfonamides is 1. The van der Waals surface area contributed by atoms with Crippen LogP contribution in [0.4, 0.5) is 5.82 Å². The molecule has 21 heavy (non-hydrogen) atoms. The summed E-state index contributed by atoms with van der Waals surface area (Å²) in [6.45, 7) is 5.43. The van der Waals surface area contributed by atoms with E-state index in [1.165, 1.54) is 10.6 Å². The fourth-order valence-electron chi connectivity index (χ4n) is 2.20. The molecule has 116 valence electrons. The van der Waals surface area contributed by atoms with E-state index in [9.17, 15) is 8.42 Å². The van der Waals surface area contributed by atoms with Crippen LogP contribution in [-0.4, -0.2) is 53.2 Å². The lowest BCUT2D eigenvalue weighted by Gasteiger charge is -2.17. The van der Waals surface area contributed by atoms with Crippen LogP contribution in [0.3, 0.4) is 0 Å². The van der Waals surface area contributed by atoms with E-state index < -0.39 is 10.0 Å². The van der Waals surface area contributed by atoms with E-state index in [0.29, 0.717) is 19.6 Å². The maximum atomic E-state index is 11.5. The first-order chi connectivity index (χ1) is 9.91. The van der Waals surface area contributed by atoms with Crippen molar-refractivity contribution in [3.63, 3.8) is 0 Å². The van der Waals surface area contributed by atoms with Crippen molar-refractivity contribution in [3.8, 4) is 0 Å². The predicted molar refractivity (Wildman–Crippen MR) is 82.9 cm³/mol. The number of rotatable bonds is 7. The van der Waals surface area contributed by atoms with Crippen molar-refractivity contribution in [1.29, 1.82) is 0 Å². The number of anilines is 1. The van der Waals surface area contributed by atoms with E-state index in [1.807, 2.05) is 19.9 Å². The molecule has 0 spiro atoms. The minimum atomic E-state index is -3.12. The van der Waals surface area contributed by atoms with Gasteiger partial charge >= 0.3 is 0 Å². The second kappa shape index (κ2) is 6.40. The topological polar surface area (TPSA) is 79.6 Å². The first-order valence-corrected chi connectivity index (χ1v) is 8.76. The van der Waals surface area contributed by atoms with Gasteiger partial charge in [0.15, 0.2) is 5.82 Å². The highest BCUT2D eigenvalue weighted by atomic mass is 32.2. The lowest BCUT2D eigenvalue weighted by atomic mass is 10.3. The second-order valence-electron chi connectivity index (χ2n) is 4.93. The molecule has 0 bridgehead atoms. The van der Waals surface area contributed by atoms with E-state index in [0.717, 1.165) is 23.4 Å². The molecule has 8 heteroatoms. The highest BCUT2D eigenvalue weighted by Gasteiger charge is 2.13. The summed E-state index contributed by atoms with van der Waals surface area (Å²) in [6.07, 6.45) is 5.45. The van der Waals surface area contributed by atoms with Gasteiger partial charge in [0.05, 0.1) is 11.9 Å². The summed E-state index contributed by atoms with van der Waals surface area (Å²) >= 11 is 0. The van der Waals surface area contributed by atoms with Crippen molar-refractivity contribution in [3.05, 3.63) is 24.2 Å². The van der Waals surface area contributed by atoms with Crippen LogP contribution in [-0.2, 0) is 10.0 Å². The van der Waals surface area contributed by atoms with E-state index >= 15 is 0 Å². The highest BCUT2D eigenvalue weighted by molar-refractivity contribution is 7.88. The standard InChI is InChI=1S/C13H21N5O2S/c1-4-17(21(3,19)20)8-5-6-14-13-12-10-11(2)16-18(12)9-7-15-13/h7,9-10H,4-6,8H2,1-3H3,(H,14,15). The zero-order valence-electron chi connectivity index (χ0n) is 12.6. The Balaban J connectivity index is 1.94. The Morgan fingerprint density at radius 3 is 2.86 bits per heavy atom.